The Kier molecular flexibility index (Phi) is 6.77. The number of alkyl halides is 3. The molecule has 0 aliphatic rings. The van der Waals surface area contributed by atoms with Crippen molar-refractivity contribution in [2.75, 3.05) is 31.1 Å². The molecule has 0 saturated heterocycles. The molecular weight excluding hydrogens is 411 g/mol. The highest BCUT2D eigenvalue weighted by Gasteiger charge is 2.32. The molecule has 8 heteroatoms. The molecule has 4 nitrogen and oxygen atoms in total. The van der Waals surface area contributed by atoms with Gasteiger partial charge in [0.15, 0.2) is 5.13 Å². The summed E-state index contributed by atoms with van der Waals surface area (Å²) in [6.07, 6.45) is -4.50. The Hall–Kier alpha value is -2.45. The van der Waals surface area contributed by atoms with Crippen LogP contribution in [0.1, 0.15) is 35.3 Å². The summed E-state index contributed by atoms with van der Waals surface area (Å²) in [4.78, 5) is 21.6. The van der Waals surface area contributed by atoms with Crippen molar-refractivity contribution in [2.45, 2.75) is 26.9 Å². The molecule has 0 atom stereocenters. The van der Waals surface area contributed by atoms with Crippen molar-refractivity contribution >= 4 is 32.6 Å². The van der Waals surface area contributed by atoms with Gasteiger partial charge in [0.2, 0.25) is 0 Å². The zero-order valence-electron chi connectivity index (χ0n) is 17.2. The van der Waals surface area contributed by atoms with Crippen molar-refractivity contribution in [2.24, 2.45) is 0 Å². The minimum absolute atomic E-state index is 0.000324. The molecule has 1 aromatic heterocycles. The standard InChI is InChI=1S/C22H24F3N3OS/c1-4-27(5-2)12-13-28(21-26-19-15(3)8-6-11-18(19)30-21)20(29)16-9-7-10-17(14-16)22(23,24)25/h6-11,14H,4-5,12-13H2,1-3H3. The summed E-state index contributed by atoms with van der Waals surface area (Å²) < 4.78 is 40.4. The fraction of sp³-hybridized carbons (Fsp3) is 0.364. The summed E-state index contributed by atoms with van der Waals surface area (Å²) in [5.74, 6) is -0.482. The number of anilines is 1. The van der Waals surface area contributed by atoms with E-state index in [0.29, 0.717) is 18.2 Å². The van der Waals surface area contributed by atoms with E-state index in [4.69, 9.17) is 0 Å². The van der Waals surface area contributed by atoms with Gasteiger partial charge in [0.25, 0.3) is 5.91 Å². The summed E-state index contributed by atoms with van der Waals surface area (Å²) in [6.45, 7) is 8.60. The van der Waals surface area contributed by atoms with Crippen LogP contribution < -0.4 is 4.90 Å². The van der Waals surface area contributed by atoms with Crippen molar-refractivity contribution < 1.29 is 18.0 Å². The number of thiazole rings is 1. The molecule has 0 saturated carbocycles. The van der Waals surface area contributed by atoms with Gasteiger partial charge >= 0.3 is 6.18 Å². The lowest BCUT2D eigenvalue weighted by atomic mass is 10.1. The first-order chi connectivity index (χ1) is 14.2. The topological polar surface area (TPSA) is 36.4 Å². The number of likely N-dealkylation sites (N-methyl/N-ethyl adjacent to an activating group) is 1. The molecular formula is C22H24F3N3OS. The molecule has 3 aromatic rings. The third-order valence-electron chi connectivity index (χ3n) is 5.06. The molecule has 0 radical (unpaired) electrons. The van der Waals surface area contributed by atoms with E-state index in [0.717, 1.165) is 41.0 Å². The SMILES string of the molecule is CCN(CC)CCN(C(=O)c1cccc(C(F)(F)F)c1)c1nc2c(C)cccc2s1. The lowest BCUT2D eigenvalue weighted by Crippen LogP contribution is -2.39. The fourth-order valence-electron chi connectivity index (χ4n) is 3.24. The molecule has 0 N–H and O–H groups in total. The first-order valence-electron chi connectivity index (χ1n) is 9.82. The maximum atomic E-state index is 13.3. The van der Waals surface area contributed by atoms with Crippen LogP contribution in [0.3, 0.4) is 0 Å². The van der Waals surface area contributed by atoms with Crippen molar-refractivity contribution in [3.05, 3.63) is 59.2 Å². The van der Waals surface area contributed by atoms with Crippen molar-refractivity contribution in [3.8, 4) is 0 Å². The predicted octanol–water partition coefficient (Wildman–Crippen LogP) is 5.61. The smallest absolute Gasteiger partial charge is 0.302 e. The quantitative estimate of drug-likeness (QED) is 0.484. The van der Waals surface area contributed by atoms with Gasteiger partial charge in [0, 0.05) is 18.7 Å². The summed E-state index contributed by atoms with van der Waals surface area (Å²) in [5.41, 5.74) is 0.963. The van der Waals surface area contributed by atoms with Crippen LogP contribution in [-0.4, -0.2) is 42.0 Å². The first kappa shape index (κ1) is 22.2. The molecule has 0 unspecified atom stereocenters. The van der Waals surface area contributed by atoms with E-state index in [9.17, 15) is 18.0 Å². The molecule has 2 aromatic carbocycles. The van der Waals surface area contributed by atoms with Gasteiger partial charge in [-0.25, -0.2) is 4.98 Å². The second-order valence-electron chi connectivity index (χ2n) is 6.98. The monoisotopic (exact) mass is 435 g/mol. The summed E-state index contributed by atoms with van der Waals surface area (Å²) in [6, 6.07) is 10.4. The average Bonchev–Trinajstić information content (AvgIpc) is 3.16. The Balaban J connectivity index is 2.00. The van der Waals surface area contributed by atoms with E-state index in [1.54, 1.807) is 0 Å². The zero-order valence-corrected chi connectivity index (χ0v) is 18.0. The third-order valence-corrected chi connectivity index (χ3v) is 6.10. The number of para-hydroxylation sites is 1. The number of halogens is 3. The van der Waals surface area contributed by atoms with Crippen LogP contribution in [0.15, 0.2) is 42.5 Å². The van der Waals surface area contributed by atoms with Crippen LogP contribution in [-0.2, 0) is 6.18 Å². The normalized spacial score (nSPS) is 12.0. The number of carbonyl (C=O) groups is 1. The molecule has 0 bridgehead atoms. The molecule has 160 valence electrons. The van der Waals surface area contributed by atoms with Crippen LogP contribution in [0.4, 0.5) is 18.3 Å². The molecule has 0 aliphatic carbocycles. The maximum absolute atomic E-state index is 13.3. The van der Waals surface area contributed by atoms with Gasteiger partial charge in [-0.05, 0) is 49.8 Å². The number of hydrogen-bond acceptors (Lipinski definition) is 4. The predicted molar refractivity (Wildman–Crippen MR) is 115 cm³/mol. The lowest BCUT2D eigenvalue weighted by molar-refractivity contribution is -0.137. The number of rotatable bonds is 7. The Bertz CT molecular complexity index is 1030. The number of aryl methyl sites for hydroxylation is 1. The van der Waals surface area contributed by atoms with Gasteiger partial charge < -0.3 is 4.90 Å². The van der Waals surface area contributed by atoms with Crippen molar-refractivity contribution in [1.82, 2.24) is 9.88 Å². The minimum Gasteiger partial charge on any atom is -0.302 e. The molecule has 1 amide bonds. The fourth-order valence-corrected chi connectivity index (χ4v) is 4.31. The molecule has 0 spiro atoms. The third kappa shape index (κ3) is 4.82. The molecule has 1 heterocycles. The summed E-state index contributed by atoms with van der Waals surface area (Å²) in [7, 11) is 0. The number of carbonyl (C=O) groups excluding carboxylic acids is 1. The van der Waals surface area contributed by atoms with E-state index in [2.05, 4.69) is 9.88 Å². The maximum Gasteiger partial charge on any atom is 0.416 e. The van der Waals surface area contributed by atoms with Crippen molar-refractivity contribution in [3.63, 3.8) is 0 Å². The number of hydrogen-bond donors (Lipinski definition) is 0. The second-order valence-corrected chi connectivity index (χ2v) is 7.99. The Labute approximate surface area is 177 Å². The van der Waals surface area contributed by atoms with Crippen molar-refractivity contribution in [1.29, 1.82) is 0 Å². The highest BCUT2D eigenvalue weighted by molar-refractivity contribution is 7.22. The van der Waals surface area contributed by atoms with Gasteiger partial charge in [-0.1, -0.05) is 43.4 Å². The van der Waals surface area contributed by atoms with E-state index >= 15 is 0 Å². The average molecular weight is 436 g/mol. The van der Waals surface area contributed by atoms with Gasteiger partial charge in [-0.2, -0.15) is 13.2 Å². The Morgan fingerprint density at radius 1 is 1.07 bits per heavy atom. The van der Waals surface area contributed by atoms with Crippen LogP contribution in [0.2, 0.25) is 0 Å². The van der Waals surface area contributed by atoms with Crippen LogP contribution >= 0.6 is 11.3 Å². The van der Waals surface area contributed by atoms with E-state index in [1.807, 2.05) is 39.0 Å². The van der Waals surface area contributed by atoms with E-state index in [-0.39, 0.29) is 5.56 Å². The number of benzene rings is 2. The molecule has 3 rings (SSSR count). The van der Waals surface area contributed by atoms with Crippen LogP contribution in [0, 0.1) is 6.92 Å². The lowest BCUT2D eigenvalue weighted by Gasteiger charge is -2.25. The number of fused-ring (bicyclic) bond motifs is 1. The number of aromatic nitrogens is 1. The zero-order chi connectivity index (χ0) is 21.9. The van der Waals surface area contributed by atoms with Crippen LogP contribution in [0.5, 0.6) is 0 Å². The van der Waals surface area contributed by atoms with E-state index < -0.39 is 17.6 Å². The molecule has 0 aliphatic heterocycles. The van der Waals surface area contributed by atoms with Gasteiger partial charge in [-0.15, -0.1) is 0 Å². The van der Waals surface area contributed by atoms with E-state index in [1.165, 1.54) is 28.4 Å². The Morgan fingerprint density at radius 2 is 1.77 bits per heavy atom. The largest absolute Gasteiger partial charge is 0.416 e. The Morgan fingerprint density at radius 3 is 2.40 bits per heavy atom. The second kappa shape index (κ2) is 9.14. The van der Waals surface area contributed by atoms with Crippen LogP contribution in [0.25, 0.3) is 10.2 Å². The molecule has 0 fully saturated rings. The number of amides is 1. The highest BCUT2D eigenvalue weighted by atomic mass is 32.1. The summed E-state index contributed by atoms with van der Waals surface area (Å²) in [5, 5.41) is 0.494. The summed E-state index contributed by atoms with van der Waals surface area (Å²) >= 11 is 1.37. The first-order valence-corrected chi connectivity index (χ1v) is 10.6. The van der Waals surface area contributed by atoms with Gasteiger partial charge in [0.1, 0.15) is 0 Å². The minimum atomic E-state index is -4.50. The highest BCUT2D eigenvalue weighted by Crippen LogP contribution is 2.33. The molecule has 30 heavy (non-hydrogen) atoms. The number of nitrogens with zero attached hydrogens (tertiary/aromatic N) is 3. The van der Waals surface area contributed by atoms with Gasteiger partial charge in [-0.3, -0.25) is 9.69 Å². The van der Waals surface area contributed by atoms with Gasteiger partial charge in [0.05, 0.1) is 15.8 Å².